The number of carbonyl (C=O) groups is 1. The molecule has 1 aliphatic rings. The number of aliphatic imine (C=N–C) groups is 1. The van der Waals surface area contributed by atoms with Gasteiger partial charge in [-0.1, -0.05) is 23.7 Å². The highest BCUT2D eigenvalue weighted by Crippen LogP contribution is 2.29. The second kappa shape index (κ2) is 6.25. The Morgan fingerprint density at radius 2 is 1.77 bits per heavy atom. The number of nitrogens with zero attached hydrogens (tertiary/aromatic N) is 1. The summed E-state index contributed by atoms with van der Waals surface area (Å²) < 4.78 is 0. The minimum Gasteiger partial charge on any atom is -0.508 e. The predicted octanol–water partition coefficient (Wildman–Crippen LogP) is 4.57. The molecule has 1 amide bonds. The molecule has 0 saturated carbocycles. The van der Waals surface area contributed by atoms with Crippen LogP contribution in [-0.4, -0.2) is 16.2 Å². The first kappa shape index (κ1) is 14.7. The summed E-state index contributed by atoms with van der Waals surface area (Å²) in [7, 11) is 0. The van der Waals surface area contributed by atoms with Gasteiger partial charge >= 0.3 is 0 Å². The molecule has 0 atom stereocenters. The zero-order valence-electron chi connectivity index (χ0n) is 11.3. The van der Waals surface area contributed by atoms with Gasteiger partial charge in [0, 0.05) is 5.02 Å². The fraction of sp³-hybridized carbons (Fsp3) is 0. The Morgan fingerprint density at radius 1 is 1.09 bits per heavy atom. The van der Waals surface area contributed by atoms with Gasteiger partial charge in [0.1, 0.15) is 11.6 Å². The van der Waals surface area contributed by atoms with E-state index >= 15 is 0 Å². The summed E-state index contributed by atoms with van der Waals surface area (Å²) in [5, 5.41) is 12.5. The largest absolute Gasteiger partial charge is 0.508 e. The van der Waals surface area contributed by atoms with Crippen LogP contribution in [-0.2, 0) is 0 Å². The Kier molecular flexibility index (Phi) is 4.18. The predicted molar refractivity (Wildman–Crippen MR) is 90.8 cm³/mol. The average Bonchev–Trinajstić information content (AvgIpc) is 2.83. The summed E-state index contributed by atoms with van der Waals surface area (Å²) in [4.78, 5) is 16.8. The van der Waals surface area contributed by atoms with Crippen molar-refractivity contribution in [2.75, 3.05) is 0 Å². The summed E-state index contributed by atoms with van der Waals surface area (Å²) in [5.41, 5.74) is 1.58. The van der Waals surface area contributed by atoms with Gasteiger partial charge in [0.05, 0.1) is 10.6 Å². The second-order valence-electron chi connectivity index (χ2n) is 4.55. The van der Waals surface area contributed by atoms with Gasteiger partial charge in [-0.25, -0.2) is 4.99 Å². The van der Waals surface area contributed by atoms with Gasteiger partial charge in [-0.15, -0.1) is 0 Å². The Labute approximate surface area is 136 Å². The lowest BCUT2D eigenvalue weighted by Crippen LogP contribution is -2.18. The van der Waals surface area contributed by atoms with Crippen molar-refractivity contribution in [2.45, 2.75) is 0 Å². The SMILES string of the molecule is O=C1NC(=Nc2ccc(Cl)cc2)/C(=C/c2ccc(O)cc2)S1. The van der Waals surface area contributed by atoms with E-state index in [1.54, 1.807) is 48.5 Å². The number of hydrogen-bond donors (Lipinski definition) is 2. The van der Waals surface area contributed by atoms with Crippen molar-refractivity contribution in [3.63, 3.8) is 0 Å². The molecule has 1 heterocycles. The molecule has 1 aliphatic heterocycles. The normalized spacial score (nSPS) is 18.0. The molecule has 0 unspecified atom stereocenters. The van der Waals surface area contributed by atoms with Crippen molar-refractivity contribution in [2.24, 2.45) is 4.99 Å². The van der Waals surface area contributed by atoms with Crippen LogP contribution < -0.4 is 5.32 Å². The number of amides is 1. The van der Waals surface area contributed by atoms with E-state index in [0.29, 0.717) is 16.5 Å². The zero-order chi connectivity index (χ0) is 15.5. The molecule has 3 rings (SSSR count). The standard InChI is InChI=1S/C16H11ClN2O2S/c17-11-3-5-12(6-4-11)18-15-14(22-16(21)19-15)9-10-1-7-13(20)8-2-10/h1-9,20H,(H,18,19,21)/b14-9-. The van der Waals surface area contributed by atoms with Crippen LogP contribution in [0.15, 0.2) is 58.4 Å². The van der Waals surface area contributed by atoms with E-state index in [1.165, 1.54) is 0 Å². The number of hydrogen-bond acceptors (Lipinski definition) is 4. The molecule has 0 aromatic heterocycles. The molecule has 6 heteroatoms. The minimum atomic E-state index is -0.169. The number of halogens is 1. The fourth-order valence-corrected chi connectivity index (χ4v) is 2.74. The summed E-state index contributed by atoms with van der Waals surface area (Å²) in [6, 6.07) is 13.8. The minimum absolute atomic E-state index is 0.169. The van der Waals surface area contributed by atoms with Gasteiger partial charge in [-0.3, -0.25) is 4.79 Å². The first-order valence-electron chi connectivity index (χ1n) is 6.44. The van der Waals surface area contributed by atoms with Crippen LogP contribution in [0.2, 0.25) is 5.02 Å². The third-order valence-corrected chi connectivity index (χ3v) is 3.99. The number of phenolic OH excluding ortho intramolecular Hbond substituents is 1. The number of aromatic hydroxyl groups is 1. The molecule has 2 aromatic rings. The van der Waals surface area contributed by atoms with Crippen molar-refractivity contribution in [1.82, 2.24) is 5.32 Å². The Bertz CT molecular complexity index is 702. The number of carbonyl (C=O) groups excluding carboxylic acids is 1. The molecular formula is C16H11ClN2O2S. The number of rotatable bonds is 2. The zero-order valence-corrected chi connectivity index (χ0v) is 12.9. The maximum Gasteiger partial charge on any atom is 0.289 e. The lowest BCUT2D eigenvalue weighted by molar-refractivity contribution is 0.265. The van der Waals surface area contributed by atoms with Gasteiger partial charge in [0.15, 0.2) is 0 Å². The second-order valence-corrected chi connectivity index (χ2v) is 6.00. The third-order valence-electron chi connectivity index (χ3n) is 2.91. The van der Waals surface area contributed by atoms with E-state index < -0.39 is 0 Å². The monoisotopic (exact) mass is 330 g/mol. The molecular weight excluding hydrogens is 320 g/mol. The summed E-state index contributed by atoms with van der Waals surface area (Å²) >= 11 is 6.93. The number of amidine groups is 1. The van der Waals surface area contributed by atoms with E-state index in [0.717, 1.165) is 22.2 Å². The number of nitrogens with one attached hydrogen (secondary N) is 1. The lowest BCUT2D eigenvalue weighted by Gasteiger charge is -2.00. The van der Waals surface area contributed by atoms with E-state index in [-0.39, 0.29) is 11.0 Å². The molecule has 0 radical (unpaired) electrons. The molecule has 2 aromatic carbocycles. The molecule has 110 valence electrons. The van der Waals surface area contributed by atoms with Crippen LogP contribution in [0.3, 0.4) is 0 Å². The van der Waals surface area contributed by atoms with Crippen LogP contribution in [0.25, 0.3) is 6.08 Å². The van der Waals surface area contributed by atoms with Gasteiger partial charge in [-0.2, -0.15) is 0 Å². The molecule has 1 saturated heterocycles. The Hall–Kier alpha value is -2.24. The first-order valence-corrected chi connectivity index (χ1v) is 7.64. The van der Waals surface area contributed by atoms with Crippen LogP contribution in [0.5, 0.6) is 5.75 Å². The van der Waals surface area contributed by atoms with Crippen molar-refractivity contribution in [3.8, 4) is 5.75 Å². The number of phenols is 1. The average molecular weight is 331 g/mol. The Morgan fingerprint density at radius 3 is 2.45 bits per heavy atom. The summed E-state index contributed by atoms with van der Waals surface area (Å²) in [6.45, 7) is 0. The first-order chi connectivity index (χ1) is 10.6. The molecule has 0 aliphatic carbocycles. The molecule has 1 fully saturated rings. The van der Waals surface area contributed by atoms with Crippen molar-refractivity contribution < 1.29 is 9.90 Å². The number of thioether (sulfide) groups is 1. The quantitative estimate of drug-likeness (QED) is 0.847. The highest BCUT2D eigenvalue weighted by molar-refractivity contribution is 8.18. The molecule has 2 N–H and O–H groups in total. The van der Waals surface area contributed by atoms with Crippen molar-refractivity contribution in [1.29, 1.82) is 0 Å². The van der Waals surface area contributed by atoms with Crippen molar-refractivity contribution >= 4 is 46.2 Å². The highest BCUT2D eigenvalue weighted by Gasteiger charge is 2.23. The van der Waals surface area contributed by atoms with Crippen LogP contribution in [0.1, 0.15) is 5.56 Å². The lowest BCUT2D eigenvalue weighted by atomic mass is 10.2. The molecule has 4 nitrogen and oxygen atoms in total. The summed E-state index contributed by atoms with van der Waals surface area (Å²) in [5.74, 6) is 0.705. The van der Waals surface area contributed by atoms with E-state index in [4.69, 9.17) is 11.6 Å². The van der Waals surface area contributed by atoms with Crippen LogP contribution >= 0.6 is 23.4 Å². The van der Waals surface area contributed by atoms with E-state index in [2.05, 4.69) is 10.3 Å². The van der Waals surface area contributed by atoms with E-state index in [1.807, 2.05) is 6.08 Å². The summed E-state index contributed by atoms with van der Waals surface area (Å²) in [6.07, 6.45) is 1.84. The molecule has 0 spiro atoms. The highest BCUT2D eigenvalue weighted by atomic mass is 35.5. The maximum atomic E-state index is 11.6. The fourth-order valence-electron chi connectivity index (χ4n) is 1.88. The molecule has 22 heavy (non-hydrogen) atoms. The van der Waals surface area contributed by atoms with Gasteiger partial charge in [-0.05, 0) is 59.8 Å². The maximum absolute atomic E-state index is 11.6. The third kappa shape index (κ3) is 3.50. The number of benzene rings is 2. The van der Waals surface area contributed by atoms with Gasteiger partial charge in [0.25, 0.3) is 5.24 Å². The molecule has 0 bridgehead atoms. The smallest absolute Gasteiger partial charge is 0.289 e. The van der Waals surface area contributed by atoms with Gasteiger partial charge < -0.3 is 10.4 Å². The van der Waals surface area contributed by atoms with Gasteiger partial charge in [0.2, 0.25) is 0 Å². The topological polar surface area (TPSA) is 61.7 Å². The van der Waals surface area contributed by atoms with Crippen LogP contribution in [0, 0.1) is 0 Å². The Balaban J connectivity index is 1.93. The van der Waals surface area contributed by atoms with E-state index in [9.17, 15) is 9.90 Å². The van der Waals surface area contributed by atoms with Crippen LogP contribution in [0.4, 0.5) is 10.5 Å². The van der Waals surface area contributed by atoms with Crippen molar-refractivity contribution in [3.05, 3.63) is 64.0 Å².